The zero-order valence-electron chi connectivity index (χ0n) is 6.06. The highest BCUT2D eigenvalue weighted by Gasteiger charge is 2.72. The van der Waals surface area contributed by atoms with Gasteiger partial charge in [-0.15, -0.1) is 0 Å². The second-order valence-corrected chi connectivity index (χ2v) is 2.20. The summed E-state index contributed by atoms with van der Waals surface area (Å²) in [4.78, 5) is 0. The van der Waals surface area contributed by atoms with Crippen LogP contribution in [-0.4, -0.2) is 18.0 Å². The second kappa shape index (κ2) is 3.19. The van der Waals surface area contributed by atoms with E-state index in [1.54, 1.807) is 0 Å². The van der Waals surface area contributed by atoms with Crippen LogP contribution in [0.5, 0.6) is 0 Å². The average molecular weight is 209 g/mol. The fraction of sp³-hybridized carbons (Fsp3) is 0.667. The predicted molar refractivity (Wildman–Crippen MR) is 29.4 cm³/mol. The minimum atomic E-state index is -6.27. The van der Waals surface area contributed by atoms with Gasteiger partial charge in [0.1, 0.15) is 0 Å². The first-order valence-electron chi connectivity index (χ1n) is 2.88. The molecule has 0 fully saturated rings. The summed E-state index contributed by atoms with van der Waals surface area (Å²) >= 11 is 0. The third-order valence-corrected chi connectivity index (χ3v) is 1.16. The van der Waals surface area contributed by atoms with Crippen molar-refractivity contribution in [1.82, 2.24) is 0 Å². The second-order valence-electron chi connectivity index (χ2n) is 2.20. The molecule has 0 aliphatic carbocycles. The van der Waals surface area contributed by atoms with Gasteiger partial charge >= 0.3 is 18.0 Å². The molecule has 0 aliphatic heterocycles. The zero-order chi connectivity index (χ0) is 10.9. The summed E-state index contributed by atoms with van der Waals surface area (Å²) < 4.78 is 82.3. The summed E-state index contributed by atoms with van der Waals surface area (Å²) in [6, 6.07) is 0. The summed E-state index contributed by atoms with van der Waals surface area (Å²) in [6.07, 6.45) is -6.81. The Morgan fingerprint density at radius 2 is 1.31 bits per heavy atom. The van der Waals surface area contributed by atoms with E-state index in [1.165, 1.54) is 6.08 Å². The van der Waals surface area contributed by atoms with Gasteiger partial charge in [0.25, 0.3) is 0 Å². The average Bonchev–Trinajstić information content (AvgIpc) is 1.84. The quantitative estimate of drug-likeness (QED) is 0.626. The molecule has 0 aliphatic rings. The molecule has 0 atom stereocenters. The van der Waals surface area contributed by atoms with Gasteiger partial charge < -0.3 is 0 Å². The van der Waals surface area contributed by atoms with Crippen LogP contribution in [0, 0.1) is 6.08 Å². The van der Waals surface area contributed by atoms with E-state index in [0.717, 1.165) is 0 Å². The summed E-state index contributed by atoms with van der Waals surface area (Å²) in [5.74, 6) is -11.3. The maximum atomic E-state index is 12.1. The van der Waals surface area contributed by atoms with Crippen LogP contribution in [0.15, 0.2) is 6.58 Å². The molecule has 0 spiro atoms. The SMILES string of the molecule is C=[C]CC(F)(F)C(F)(F)C(F)(F)F. The van der Waals surface area contributed by atoms with Crippen molar-refractivity contribution < 1.29 is 30.7 Å². The monoisotopic (exact) mass is 209 g/mol. The van der Waals surface area contributed by atoms with Crippen molar-refractivity contribution in [1.29, 1.82) is 0 Å². The van der Waals surface area contributed by atoms with Crippen molar-refractivity contribution in [2.75, 3.05) is 0 Å². The van der Waals surface area contributed by atoms with E-state index in [-0.39, 0.29) is 0 Å². The molecule has 0 aromatic rings. The Balaban J connectivity index is 4.91. The predicted octanol–water partition coefficient (Wildman–Crippen LogP) is 3.20. The molecule has 0 heterocycles. The van der Waals surface area contributed by atoms with Crippen molar-refractivity contribution in [3.05, 3.63) is 12.7 Å². The van der Waals surface area contributed by atoms with Crippen molar-refractivity contribution in [2.24, 2.45) is 0 Å². The summed E-state index contributed by atoms with van der Waals surface area (Å²) in [5.41, 5.74) is 0. The third kappa shape index (κ3) is 2.13. The van der Waals surface area contributed by atoms with Gasteiger partial charge in [0, 0.05) is 6.42 Å². The lowest BCUT2D eigenvalue weighted by Gasteiger charge is -2.26. The van der Waals surface area contributed by atoms with Gasteiger partial charge in [-0.2, -0.15) is 30.7 Å². The Morgan fingerprint density at radius 1 is 0.923 bits per heavy atom. The van der Waals surface area contributed by atoms with E-state index >= 15 is 0 Å². The molecule has 0 bridgehead atoms. The van der Waals surface area contributed by atoms with Crippen LogP contribution in [0.2, 0.25) is 0 Å². The molecular formula is C6H4F7. The zero-order valence-corrected chi connectivity index (χ0v) is 6.06. The van der Waals surface area contributed by atoms with Crippen LogP contribution >= 0.6 is 0 Å². The minimum Gasteiger partial charge on any atom is -0.199 e. The molecule has 0 N–H and O–H groups in total. The van der Waals surface area contributed by atoms with E-state index in [4.69, 9.17) is 0 Å². The smallest absolute Gasteiger partial charge is 0.199 e. The maximum Gasteiger partial charge on any atom is 0.459 e. The normalized spacial score (nSPS) is 14.4. The van der Waals surface area contributed by atoms with Gasteiger partial charge in [-0.25, -0.2) is 0 Å². The summed E-state index contributed by atoms with van der Waals surface area (Å²) in [5, 5.41) is 0. The largest absolute Gasteiger partial charge is 0.459 e. The Hall–Kier alpha value is -0.750. The van der Waals surface area contributed by atoms with E-state index in [2.05, 4.69) is 6.58 Å². The maximum absolute atomic E-state index is 12.1. The number of alkyl halides is 7. The molecule has 77 valence electrons. The van der Waals surface area contributed by atoms with Crippen molar-refractivity contribution in [2.45, 2.75) is 24.4 Å². The van der Waals surface area contributed by atoms with Gasteiger partial charge in [-0.05, 0) is 6.08 Å². The molecule has 7 heteroatoms. The van der Waals surface area contributed by atoms with Crippen LogP contribution in [0.4, 0.5) is 30.7 Å². The molecule has 1 radical (unpaired) electrons. The molecule has 0 saturated carbocycles. The minimum absolute atomic E-state index is 1.31. The lowest BCUT2D eigenvalue weighted by atomic mass is 10.1. The Kier molecular flexibility index (Phi) is 3.01. The Morgan fingerprint density at radius 3 is 1.54 bits per heavy atom. The molecule has 0 aromatic carbocycles. The lowest BCUT2D eigenvalue weighted by Crippen LogP contribution is -2.51. The van der Waals surface area contributed by atoms with E-state index < -0.39 is 24.4 Å². The molecule has 0 rings (SSSR count). The van der Waals surface area contributed by atoms with Crippen molar-refractivity contribution >= 4 is 0 Å². The molecule has 0 unspecified atom stereocenters. The van der Waals surface area contributed by atoms with Crippen LogP contribution < -0.4 is 0 Å². The lowest BCUT2D eigenvalue weighted by molar-refractivity contribution is -0.353. The first kappa shape index (κ1) is 12.2. The standard InChI is InChI=1S/C6H4F7/c1-2-3-4(7,8)5(9,10)6(11,12)13/h1,3H2. The molecule has 0 aromatic heterocycles. The molecule has 0 amide bonds. The fourth-order valence-electron chi connectivity index (χ4n) is 0.475. The third-order valence-electron chi connectivity index (χ3n) is 1.16. The van der Waals surface area contributed by atoms with Crippen LogP contribution in [0.25, 0.3) is 0 Å². The number of allylic oxidation sites excluding steroid dienone is 1. The summed E-state index contributed by atoms with van der Waals surface area (Å²) in [6.45, 7) is 2.54. The van der Waals surface area contributed by atoms with Crippen molar-refractivity contribution in [3.8, 4) is 0 Å². The first-order chi connectivity index (χ1) is 5.56. The van der Waals surface area contributed by atoms with Gasteiger partial charge in [-0.1, -0.05) is 6.58 Å². The Bertz CT molecular complexity index is 190. The van der Waals surface area contributed by atoms with Crippen LogP contribution in [-0.2, 0) is 0 Å². The fourth-order valence-corrected chi connectivity index (χ4v) is 0.475. The van der Waals surface area contributed by atoms with Gasteiger partial charge in [0.15, 0.2) is 0 Å². The number of hydrogen-bond donors (Lipinski definition) is 0. The Labute approximate surface area is 69.0 Å². The van der Waals surface area contributed by atoms with Crippen molar-refractivity contribution in [3.63, 3.8) is 0 Å². The van der Waals surface area contributed by atoms with E-state index in [1.807, 2.05) is 0 Å². The van der Waals surface area contributed by atoms with Crippen LogP contribution in [0.1, 0.15) is 6.42 Å². The van der Waals surface area contributed by atoms with Gasteiger partial charge in [0.05, 0.1) is 0 Å². The number of halogens is 7. The number of rotatable bonds is 3. The van der Waals surface area contributed by atoms with Gasteiger partial charge in [-0.3, -0.25) is 0 Å². The summed E-state index contributed by atoms with van der Waals surface area (Å²) in [7, 11) is 0. The first-order valence-corrected chi connectivity index (χ1v) is 2.88. The highest BCUT2D eigenvalue weighted by atomic mass is 19.4. The number of hydrogen-bond acceptors (Lipinski definition) is 0. The molecule has 0 nitrogen and oxygen atoms in total. The van der Waals surface area contributed by atoms with E-state index in [0.29, 0.717) is 0 Å². The highest BCUT2D eigenvalue weighted by molar-refractivity contribution is 4.92. The van der Waals surface area contributed by atoms with Gasteiger partial charge in [0.2, 0.25) is 0 Å². The topological polar surface area (TPSA) is 0 Å². The molecule has 13 heavy (non-hydrogen) atoms. The molecule has 0 saturated heterocycles. The van der Waals surface area contributed by atoms with Crippen LogP contribution in [0.3, 0.4) is 0 Å². The molecular weight excluding hydrogens is 205 g/mol. The van der Waals surface area contributed by atoms with E-state index in [9.17, 15) is 30.7 Å². The highest BCUT2D eigenvalue weighted by Crippen LogP contribution is 2.47.